The lowest BCUT2D eigenvalue weighted by Crippen LogP contribution is -2.34. The van der Waals surface area contributed by atoms with Gasteiger partial charge in [0.25, 0.3) is 0 Å². The molecule has 4 rings (SSSR count). The van der Waals surface area contributed by atoms with Crippen LogP contribution in [0.25, 0.3) is 5.70 Å². The van der Waals surface area contributed by atoms with Gasteiger partial charge in [0.05, 0.1) is 18.0 Å². The molecule has 0 atom stereocenters. The Bertz CT molecular complexity index is 792. The predicted molar refractivity (Wildman–Crippen MR) is 104 cm³/mol. The molecular weight excluding hydrogens is 330 g/mol. The molecule has 0 saturated carbocycles. The third-order valence-corrected chi connectivity index (χ3v) is 5.93. The molecule has 0 radical (unpaired) electrons. The third-order valence-electron chi connectivity index (χ3n) is 4.97. The zero-order chi connectivity index (χ0) is 17.4. The van der Waals surface area contributed by atoms with Gasteiger partial charge in [-0.05, 0) is 36.8 Å². The summed E-state index contributed by atoms with van der Waals surface area (Å²) in [4.78, 5) is 21.1. The minimum absolute atomic E-state index is 0.195. The average molecular weight is 353 g/mol. The summed E-state index contributed by atoms with van der Waals surface area (Å²) < 4.78 is 0. The lowest BCUT2D eigenvalue weighted by molar-refractivity contribution is -0.123. The first-order chi connectivity index (χ1) is 12.1. The van der Waals surface area contributed by atoms with Crippen LogP contribution in [0, 0.1) is 0 Å². The van der Waals surface area contributed by atoms with Gasteiger partial charge < -0.3 is 4.90 Å². The van der Waals surface area contributed by atoms with Crippen molar-refractivity contribution in [2.24, 2.45) is 4.99 Å². The number of benzene rings is 1. The molecule has 1 aromatic carbocycles. The van der Waals surface area contributed by atoms with Crippen molar-refractivity contribution in [1.82, 2.24) is 9.80 Å². The minimum Gasteiger partial charge on any atom is -0.377 e. The Morgan fingerprint density at radius 3 is 2.68 bits per heavy atom. The van der Waals surface area contributed by atoms with Crippen LogP contribution in [0.5, 0.6) is 0 Å². The van der Waals surface area contributed by atoms with Gasteiger partial charge >= 0.3 is 0 Å². The molecule has 1 fully saturated rings. The van der Waals surface area contributed by atoms with Crippen LogP contribution in [0.1, 0.15) is 31.2 Å². The number of aliphatic imine (C=N–C) groups is 1. The Kier molecular flexibility index (Phi) is 4.42. The van der Waals surface area contributed by atoms with Gasteiger partial charge in [0.2, 0.25) is 5.91 Å². The third kappa shape index (κ3) is 3.01. The van der Waals surface area contributed by atoms with Crippen LogP contribution in [0.2, 0.25) is 0 Å². The first-order valence-electron chi connectivity index (χ1n) is 8.85. The highest BCUT2D eigenvalue weighted by molar-refractivity contribution is 8.15. The van der Waals surface area contributed by atoms with Crippen molar-refractivity contribution < 1.29 is 4.79 Å². The van der Waals surface area contributed by atoms with Crippen molar-refractivity contribution in [2.45, 2.75) is 25.7 Å². The van der Waals surface area contributed by atoms with Gasteiger partial charge in [0.15, 0.2) is 5.17 Å². The van der Waals surface area contributed by atoms with E-state index in [1.807, 2.05) is 4.90 Å². The molecule has 3 aliphatic rings. The summed E-state index contributed by atoms with van der Waals surface area (Å²) in [7, 11) is 4.22. The molecule has 0 spiro atoms. The van der Waals surface area contributed by atoms with Gasteiger partial charge in [-0.3, -0.25) is 9.69 Å². The topological polar surface area (TPSA) is 35.9 Å². The molecule has 1 saturated heterocycles. The van der Waals surface area contributed by atoms with Gasteiger partial charge in [-0.25, -0.2) is 4.99 Å². The number of hydrogen-bond acceptors (Lipinski definition) is 4. The van der Waals surface area contributed by atoms with Crippen LogP contribution in [0.4, 0.5) is 0 Å². The van der Waals surface area contributed by atoms with Gasteiger partial charge in [-0.1, -0.05) is 42.1 Å². The molecule has 2 heterocycles. The number of carbonyl (C=O) groups is 1. The fourth-order valence-electron chi connectivity index (χ4n) is 3.84. The molecule has 1 aromatic rings. The number of thioether (sulfide) groups is 1. The maximum atomic E-state index is 12.1. The highest BCUT2D eigenvalue weighted by Gasteiger charge is 2.34. The molecule has 5 heteroatoms. The van der Waals surface area contributed by atoms with Crippen LogP contribution >= 0.6 is 11.8 Å². The highest BCUT2D eigenvalue weighted by Crippen LogP contribution is 2.39. The normalized spacial score (nSPS) is 22.2. The SMILES string of the molecule is CN(C)/C(=C1/CCCCC2=C1N=C1SCC(=O)N1C2)c1ccccc1. The highest BCUT2D eigenvalue weighted by atomic mass is 32.2. The molecule has 130 valence electrons. The van der Waals surface area contributed by atoms with Crippen molar-refractivity contribution >= 4 is 28.5 Å². The van der Waals surface area contributed by atoms with E-state index in [0.29, 0.717) is 5.75 Å². The van der Waals surface area contributed by atoms with Crippen LogP contribution in [-0.4, -0.2) is 47.3 Å². The van der Waals surface area contributed by atoms with E-state index < -0.39 is 0 Å². The largest absolute Gasteiger partial charge is 0.377 e. The smallest absolute Gasteiger partial charge is 0.239 e. The monoisotopic (exact) mass is 353 g/mol. The molecule has 0 unspecified atom stereocenters. The average Bonchev–Trinajstić information content (AvgIpc) is 2.85. The zero-order valence-electron chi connectivity index (χ0n) is 14.8. The first-order valence-corrected chi connectivity index (χ1v) is 9.84. The quantitative estimate of drug-likeness (QED) is 0.813. The molecule has 0 N–H and O–H groups in total. The van der Waals surface area contributed by atoms with Gasteiger partial charge in [-0.15, -0.1) is 0 Å². The Morgan fingerprint density at radius 1 is 1.16 bits per heavy atom. The van der Waals surface area contributed by atoms with E-state index in [9.17, 15) is 4.79 Å². The number of allylic oxidation sites excluding steroid dienone is 1. The lowest BCUT2D eigenvalue weighted by Gasteiger charge is -2.28. The first kappa shape index (κ1) is 16.5. The number of rotatable bonds is 2. The second-order valence-corrected chi connectivity index (χ2v) is 7.85. The van der Waals surface area contributed by atoms with Crippen LogP contribution in [-0.2, 0) is 4.79 Å². The van der Waals surface area contributed by atoms with Crippen LogP contribution < -0.4 is 0 Å². The maximum absolute atomic E-state index is 12.1. The Labute approximate surface area is 153 Å². The molecule has 4 nitrogen and oxygen atoms in total. The van der Waals surface area contributed by atoms with E-state index >= 15 is 0 Å². The second kappa shape index (κ2) is 6.71. The Morgan fingerprint density at radius 2 is 1.92 bits per heavy atom. The standard InChI is InChI=1S/C20H23N3OS/c1-22(2)19(14-8-4-3-5-9-14)16-11-7-6-10-15-12-23-17(24)13-25-20(23)21-18(15)16/h3-5,8-9H,6-7,10-13H2,1-2H3/b19-16-. The number of fused-ring (bicyclic) bond motifs is 1. The molecule has 1 aliphatic carbocycles. The van der Waals surface area contributed by atoms with E-state index in [1.165, 1.54) is 28.8 Å². The van der Waals surface area contributed by atoms with E-state index in [-0.39, 0.29) is 5.91 Å². The van der Waals surface area contributed by atoms with Crippen molar-refractivity contribution in [3.05, 3.63) is 52.7 Å². The van der Waals surface area contributed by atoms with Gasteiger partial charge in [-0.2, -0.15) is 0 Å². The minimum atomic E-state index is 0.195. The molecular formula is C20H23N3OS. The molecule has 25 heavy (non-hydrogen) atoms. The number of nitrogens with zero attached hydrogens (tertiary/aromatic N) is 3. The Balaban J connectivity index is 1.87. The van der Waals surface area contributed by atoms with Gasteiger partial charge in [0, 0.05) is 25.4 Å². The van der Waals surface area contributed by atoms with Gasteiger partial charge in [0.1, 0.15) is 0 Å². The summed E-state index contributed by atoms with van der Waals surface area (Å²) in [5.74, 6) is 0.721. The zero-order valence-corrected chi connectivity index (χ0v) is 15.6. The number of amides is 1. The summed E-state index contributed by atoms with van der Waals surface area (Å²) in [6.07, 6.45) is 4.41. The summed E-state index contributed by atoms with van der Waals surface area (Å²) in [6, 6.07) is 10.6. The molecule has 1 amide bonds. The molecule has 0 bridgehead atoms. The summed E-state index contributed by atoms with van der Waals surface area (Å²) in [5, 5.41) is 0.884. The maximum Gasteiger partial charge on any atom is 0.239 e. The fourth-order valence-corrected chi connectivity index (χ4v) is 4.73. The number of hydrogen-bond donors (Lipinski definition) is 0. The summed E-state index contributed by atoms with van der Waals surface area (Å²) in [6.45, 7) is 0.721. The fraction of sp³-hybridized carbons (Fsp3) is 0.400. The summed E-state index contributed by atoms with van der Waals surface area (Å²) in [5.41, 5.74) is 6.27. The molecule has 0 aromatic heterocycles. The lowest BCUT2D eigenvalue weighted by atomic mass is 9.97. The predicted octanol–water partition coefficient (Wildman–Crippen LogP) is 3.73. The number of carbonyl (C=O) groups excluding carboxylic acids is 1. The number of amidine groups is 1. The van der Waals surface area contributed by atoms with E-state index in [4.69, 9.17) is 4.99 Å². The van der Waals surface area contributed by atoms with Crippen molar-refractivity contribution in [3.63, 3.8) is 0 Å². The van der Waals surface area contributed by atoms with Crippen LogP contribution in [0.3, 0.4) is 0 Å². The van der Waals surface area contributed by atoms with E-state index in [0.717, 1.165) is 36.7 Å². The van der Waals surface area contributed by atoms with Crippen molar-refractivity contribution in [1.29, 1.82) is 0 Å². The van der Waals surface area contributed by atoms with E-state index in [1.54, 1.807) is 11.8 Å². The second-order valence-electron chi connectivity index (χ2n) is 6.91. The molecule has 2 aliphatic heterocycles. The van der Waals surface area contributed by atoms with Crippen molar-refractivity contribution in [2.75, 3.05) is 26.4 Å². The van der Waals surface area contributed by atoms with E-state index in [2.05, 4.69) is 49.3 Å². The van der Waals surface area contributed by atoms with Crippen molar-refractivity contribution in [3.8, 4) is 0 Å². The van der Waals surface area contributed by atoms with Crippen LogP contribution in [0.15, 0.2) is 52.2 Å². The Hall–Kier alpha value is -2.01. The summed E-state index contributed by atoms with van der Waals surface area (Å²) >= 11 is 1.57.